The molecule has 0 aliphatic carbocycles. The Hall–Kier alpha value is 0.0500. The Morgan fingerprint density at radius 1 is 0.900 bits per heavy atom. The summed E-state index contributed by atoms with van der Waals surface area (Å²) in [6.45, 7) is 16.1. The molecule has 0 aromatic carbocycles. The van der Waals surface area contributed by atoms with Crippen molar-refractivity contribution in [2.24, 2.45) is 11.5 Å². The molecular formula is C23H52N4OS2. The van der Waals surface area contributed by atoms with Gasteiger partial charge in [-0.2, -0.15) is 0 Å². The van der Waals surface area contributed by atoms with Crippen molar-refractivity contribution < 1.29 is 4.79 Å². The van der Waals surface area contributed by atoms with Crippen LogP contribution in [0.3, 0.4) is 0 Å². The van der Waals surface area contributed by atoms with Crippen LogP contribution >= 0.6 is 22.5 Å². The highest BCUT2D eigenvalue weighted by Gasteiger charge is 2.23. The summed E-state index contributed by atoms with van der Waals surface area (Å²) < 4.78 is 0. The molecule has 0 rings (SSSR count). The maximum absolute atomic E-state index is 12.5. The van der Waals surface area contributed by atoms with Gasteiger partial charge in [-0.25, -0.2) is 0 Å². The predicted molar refractivity (Wildman–Crippen MR) is 140 cm³/mol. The van der Waals surface area contributed by atoms with Crippen LogP contribution in [0.25, 0.3) is 0 Å². The molecule has 5 N–H and O–H groups in total. The summed E-state index contributed by atoms with van der Waals surface area (Å²) in [6, 6.07) is 0. The zero-order chi connectivity index (χ0) is 23.5. The highest BCUT2D eigenvalue weighted by molar-refractivity contribution is 8.68. The smallest absolute Gasteiger partial charge is 0.223 e. The minimum atomic E-state index is -0.161. The molecule has 0 saturated carbocycles. The summed E-state index contributed by atoms with van der Waals surface area (Å²) in [5.74, 6) is 0.980. The van der Waals surface area contributed by atoms with E-state index < -0.39 is 0 Å². The molecule has 0 unspecified atom stereocenters. The molecule has 0 bridgehead atoms. The fraction of sp³-hybridized carbons (Fsp3) is 0.957. The summed E-state index contributed by atoms with van der Waals surface area (Å²) in [5.41, 5.74) is 12.6. The van der Waals surface area contributed by atoms with E-state index in [0.717, 1.165) is 83.3 Å². The Bertz CT molecular complexity index is 403. The molecular weight excluding hydrogens is 412 g/mol. The number of unbranched alkanes of at least 4 members (excludes halogenated alkanes) is 1. The van der Waals surface area contributed by atoms with Crippen molar-refractivity contribution in [2.75, 3.05) is 31.9 Å². The molecule has 0 radical (unpaired) electrons. The lowest BCUT2D eigenvalue weighted by Gasteiger charge is -2.31. The van der Waals surface area contributed by atoms with E-state index in [-0.39, 0.29) is 17.0 Å². The number of amides is 1. The van der Waals surface area contributed by atoms with Crippen LogP contribution in [0, 0.1) is 0 Å². The Morgan fingerprint density at radius 3 is 1.93 bits per heavy atom. The van der Waals surface area contributed by atoms with Crippen LogP contribution in [0.4, 0.5) is 0 Å². The van der Waals surface area contributed by atoms with Gasteiger partial charge in [0.05, 0.1) is 0 Å². The summed E-state index contributed by atoms with van der Waals surface area (Å²) in [6.07, 6.45) is 8.43. The summed E-state index contributed by atoms with van der Waals surface area (Å²) in [7, 11) is 1.42. The van der Waals surface area contributed by atoms with E-state index in [2.05, 4.69) is 44.7 Å². The Morgan fingerprint density at radius 2 is 1.43 bits per heavy atom. The average molecular weight is 465 g/mol. The molecule has 1 amide bonds. The maximum Gasteiger partial charge on any atom is 0.223 e. The molecule has 7 heteroatoms. The Kier molecular flexibility index (Phi) is 21.2. The van der Waals surface area contributed by atoms with Gasteiger partial charge in [-0.3, -0.25) is 4.79 Å². The molecule has 0 aliphatic rings. The first kappa shape index (κ1) is 32.2. The van der Waals surface area contributed by atoms with Crippen molar-refractivity contribution in [3.8, 4) is 0 Å². The van der Waals surface area contributed by atoms with Gasteiger partial charge < -0.3 is 21.7 Å². The highest BCUT2D eigenvalue weighted by Crippen LogP contribution is 2.18. The second kappa shape index (κ2) is 19.7. The monoisotopic (exact) mass is 464 g/mol. The number of nitrogens with one attached hydrogen (secondary N) is 1. The van der Waals surface area contributed by atoms with E-state index in [1.807, 2.05) is 18.7 Å². The predicted octanol–water partition coefficient (Wildman–Crippen LogP) is 4.99. The molecule has 30 heavy (non-hydrogen) atoms. The third-order valence-corrected chi connectivity index (χ3v) is 7.22. The van der Waals surface area contributed by atoms with Crippen molar-refractivity contribution in [2.45, 2.75) is 110 Å². The maximum atomic E-state index is 12.5. The lowest BCUT2D eigenvalue weighted by Crippen LogP contribution is -2.43. The molecule has 0 heterocycles. The van der Waals surface area contributed by atoms with Gasteiger partial charge in [-0.05, 0) is 64.5 Å². The van der Waals surface area contributed by atoms with Crippen LogP contribution < -0.4 is 16.8 Å². The first-order valence-electron chi connectivity index (χ1n) is 12.1. The Balaban J connectivity index is 0. The van der Waals surface area contributed by atoms with Crippen molar-refractivity contribution >= 4 is 28.4 Å². The topological polar surface area (TPSA) is 84.4 Å². The molecule has 0 aromatic rings. The minimum absolute atomic E-state index is 0.0332. The van der Waals surface area contributed by atoms with E-state index >= 15 is 0 Å². The van der Waals surface area contributed by atoms with Crippen LogP contribution in [0.2, 0.25) is 0 Å². The van der Waals surface area contributed by atoms with Gasteiger partial charge in [-0.1, -0.05) is 52.3 Å². The van der Waals surface area contributed by atoms with Crippen LogP contribution in [0.15, 0.2) is 0 Å². The molecule has 182 valence electrons. The average Bonchev–Trinajstić information content (AvgIpc) is 2.79. The van der Waals surface area contributed by atoms with E-state index in [0.29, 0.717) is 6.42 Å². The van der Waals surface area contributed by atoms with Gasteiger partial charge in [0.25, 0.3) is 0 Å². The molecule has 5 nitrogen and oxygen atoms in total. The normalized spacial score (nSPS) is 11.8. The van der Waals surface area contributed by atoms with Gasteiger partial charge in [0, 0.05) is 36.3 Å². The zero-order valence-electron chi connectivity index (χ0n) is 20.8. The van der Waals surface area contributed by atoms with Crippen molar-refractivity contribution in [3.63, 3.8) is 0 Å². The lowest BCUT2D eigenvalue weighted by molar-refractivity contribution is -0.131. The second-order valence-corrected chi connectivity index (χ2v) is 9.50. The SMILES string of the molecule is CC.CCC(N)(CC)CCNCCCCN(CCC(N)(CC)CC)C(=O)CCSS. The van der Waals surface area contributed by atoms with Crippen LogP contribution in [0.1, 0.15) is 99.3 Å². The van der Waals surface area contributed by atoms with E-state index in [4.69, 9.17) is 11.5 Å². The number of carbonyl (C=O) groups is 1. The van der Waals surface area contributed by atoms with E-state index in [1.54, 1.807) is 0 Å². The lowest BCUT2D eigenvalue weighted by atomic mass is 9.90. The van der Waals surface area contributed by atoms with Gasteiger partial charge in [-0.15, -0.1) is 11.7 Å². The van der Waals surface area contributed by atoms with Crippen molar-refractivity contribution in [1.82, 2.24) is 10.2 Å². The fourth-order valence-corrected chi connectivity index (χ4v) is 3.77. The van der Waals surface area contributed by atoms with Crippen LogP contribution in [-0.2, 0) is 4.79 Å². The first-order chi connectivity index (χ1) is 14.3. The van der Waals surface area contributed by atoms with Gasteiger partial charge in [0.15, 0.2) is 0 Å². The zero-order valence-corrected chi connectivity index (χ0v) is 22.5. The standard InChI is InChI=1S/C21H46N4OS2.C2H6/c1-5-20(22,6-2)12-15-24-14-9-10-16-25(19(26)11-18-28-27)17-13-21(23,7-3)8-4;1-2/h24,27H,5-18,22-23H2,1-4H3;1-2H3. The fourth-order valence-electron chi connectivity index (χ4n) is 3.23. The van der Waals surface area contributed by atoms with Crippen LogP contribution in [0.5, 0.6) is 0 Å². The molecule has 0 aromatic heterocycles. The quantitative estimate of drug-likeness (QED) is 0.130. The number of nitrogens with two attached hydrogens (primary N) is 2. The van der Waals surface area contributed by atoms with Gasteiger partial charge >= 0.3 is 0 Å². The largest absolute Gasteiger partial charge is 0.343 e. The third kappa shape index (κ3) is 15.0. The van der Waals surface area contributed by atoms with Gasteiger partial charge in [0.2, 0.25) is 5.91 Å². The number of carbonyl (C=O) groups excluding carboxylic acids is 1. The summed E-state index contributed by atoms with van der Waals surface area (Å²) >= 11 is 4.15. The third-order valence-electron chi connectivity index (χ3n) is 6.29. The molecule has 0 fully saturated rings. The molecule has 0 spiro atoms. The number of rotatable bonds is 18. The van der Waals surface area contributed by atoms with Crippen molar-refractivity contribution in [3.05, 3.63) is 0 Å². The van der Waals surface area contributed by atoms with Gasteiger partial charge in [0.1, 0.15) is 0 Å². The molecule has 0 aliphatic heterocycles. The number of hydrogen-bond acceptors (Lipinski definition) is 6. The van der Waals surface area contributed by atoms with Crippen LogP contribution in [-0.4, -0.2) is 53.8 Å². The molecule has 0 saturated heterocycles. The summed E-state index contributed by atoms with van der Waals surface area (Å²) in [4.78, 5) is 14.6. The minimum Gasteiger partial charge on any atom is -0.343 e. The highest BCUT2D eigenvalue weighted by atomic mass is 33.1. The van der Waals surface area contributed by atoms with E-state index in [9.17, 15) is 4.79 Å². The first-order valence-corrected chi connectivity index (χ1v) is 14.2. The molecule has 0 atom stereocenters. The number of thiol groups is 1. The summed E-state index contributed by atoms with van der Waals surface area (Å²) in [5, 5.41) is 3.50. The van der Waals surface area contributed by atoms with E-state index in [1.165, 1.54) is 10.8 Å². The number of nitrogens with zero attached hydrogens (tertiary/aromatic N) is 1. The second-order valence-electron chi connectivity index (χ2n) is 8.06. The Labute approximate surface area is 197 Å². The van der Waals surface area contributed by atoms with Crippen molar-refractivity contribution in [1.29, 1.82) is 0 Å². The number of hydrogen-bond donors (Lipinski definition) is 4.